The van der Waals surface area contributed by atoms with Crippen molar-refractivity contribution in [1.82, 2.24) is 5.32 Å². The fraction of sp³-hybridized carbons (Fsp3) is 0.250. The molecule has 1 aromatic carbocycles. The van der Waals surface area contributed by atoms with Crippen molar-refractivity contribution in [2.75, 3.05) is 0 Å². The molecule has 2 nitrogen and oxygen atoms in total. The largest absolute Gasteiger partial charge is 0.350 e. The summed E-state index contributed by atoms with van der Waals surface area (Å²) >= 11 is 0. The van der Waals surface area contributed by atoms with Gasteiger partial charge >= 0.3 is 0 Å². The van der Waals surface area contributed by atoms with E-state index >= 15 is 0 Å². The van der Waals surface area contributed by atoms with Gasteiger partial charge in [0.05, 0.1) is 6.04 Å². The zero-order valence-electron chi connectivity index (χ0n) is 8.88. The highest BCUT2D eigenvalue weighted by Crippen LogP contribution is 2.16. The minimum atomic E-state index is -0.279. The summed E-state index contributed by atoms with van der Waals surface area (Å²) in [5, 5.41) is 2.72. The Morgan fingerprint density at radius 3 is 2.40 bits per heavy atom. The van der Waals surface area contributed by atoms with E-state index in [2.05, 4.69) is 11.9 Å². The molecular formula is C12H14FNO. The summed E-state index contributed by atoms with van der Waals surface area (Å²) < 4.78 is 12.7. The van der Waals surface area contributed by atoms with Crippen molar-refractivity contribution in [1.29, 1.82) is 0 Å². The maximum absolute atomic E-state index is 12.7. The van der Waals surface area contributed by atoms with Crippen LogP contribution in [0.1, 0.15) is 19.4 Å². The zero-order valence-corrected chi connectivity index (χ0v) is 8.88. The van der Waals surface area contributed by atoms with Crippen LogP contribution in [0.15, 0.2) is 30.8 Å². The minimum Gasteiger partial charge on any atom is -0.350 e. The van der Waals surface area contributed by atoms with Crippen molar-refractivity contribution >= 4 is 11.5 Å². The molecule has 0 heterocycles. The lowest BCUT2D eigenvalue weighted by Crippen LogP contribution is -2.31. The van der Waals surface area contributed by atoms with E-state index < -0.39 is 0 Å². The summed E-state index contributed by atoms with van der Waals surface area (Å²) in [5.41, 5.74) is 1.60. The molecular weight excluding hydrogens is 193 g/mol. The SMILES string of the molecule is C=C(c1ccc(F)cc1)[C@@H](C)NC(C)=O. The normalized spacial score (nSPS) is 11.9. The van der Waals surface area contributed by atoms with Gasteiger partial charge in [0.15, 0.2) is 0 Å². The molecule has 0 unspecified atom stereocenters. The Kier molecular flexibility index (Phi) is 3.61. The maximum Gasteiger partial charge on any atom is 0.217 e. The van der Waals surface area contributed by atoms with Crippen LogP contribution in [-0.4, -0.2) is 11.9 Å². The molecule has 0 aromatic heterocycles. The van der Waals surface area contributed by atoms with Crippen LogP contribution in [0.25, 0.3) is 5.57 Å². The topological polar surface area (TPSA) is 29.1 Å². The summed E-state index contributed by atoms with van der Waals surface area (Å²) in [4.78, 5) is 10.8. The molecule has 0 aliphatic rings. The number of carbonyl (C=O) groups excluding carboxylic acids is 1. The standard InChI is InChI=1S/C12H14FNO/c1-8(9(2)14-10(3)15)11-4-6-12(13)7-5-11/h4-7,9H,1H2,2-3H3,(H,14,15)/t9-/m1/s1. The fourth-order valence-corrected chi connectivity index (χ4v) is 1.31. The molecule has 1 atom stereocenters. The maximum atomic E-state index is 12.7. The molecule has 3 heteroatoms. The van der Waals surface area contributed by atoms with E-state index in [1.807, 2.05) is 6.92 Å². The molecule has 1 N–H and O–H groups in total. The number of hydrogen-bond donors (Lipinski definition) is 1. The van der Waals surface area contributed by atoms with Crippen LogP contribution < -0.4 is 5.32 Å². The lowest BCUT2D eigenvalue weighted by atomic mass is 10.0. The van der Waals surface area contributed by atoms with E-state index in [1.54, 1.807) is 12.1 Å². The zero-order chi connectivity index (χ0) is 11.4. The van der Waals surface area contributed by atoms with Gasteiger partial charge in [-0.2, -0.15) is 0 Å². The number of nitrogens with one attached hydrogen (secondary N) is 1. The molecule has 1 rings (SSSR count). The number of benzene rings is 1. The highest BCUT2D eigenvalue weighted by Gasteiger charge is 2.09. The van der Waals surface area contributed by atoms with Gasteiger partial charge in [0.1, 0.15) is 5.82 Å². The monoisotopic (exact) mass is 207 g/mol. The third-order valence-corrected chi connectivity index (χ3v) is 2.16. The Morgan fingerprint density at radius 2 is 1.93 bits per heavy atom. The lowest BCUT2D eigenvalue weighted by Gasteiger charge is -2.15. The van der Waals surface area contributed by atoms with E-state index in [4.69, 9.17) is 0 Å². The van der Waals surface area contributed by atoms with Crippen molar-refractivity contribution in [2.45, 2.75) is 19.9 Å². The molecule has 0 saturated heterocycles. The Hall–Kier alpha value is -1.64. The van der Waals surface area contributed by atoms with Crippen LogP contribution in [-0.2, 0) is 4.79 Å². The second kappa shape index (κ2) is 4.73. The average Bonchev–Trinajstić information content (AvgIpc) is 2.17. The van der Waals surface area contributed by atoms with Crippen LogP contribution >= 0.6 is 0 Å². The molecule has 0 fully saturated rings. The Morgan fingerprint density at radius 1 is 1.40 bits per heavy atom. The van der Waals surface area contributed by atoms with Crippen molar-refractivity contribution < 1.29 is 9.18 Å². The first-order chi connectivity index (χ1) is 7.00. The van der Waals surface area contributed by atoms with Crippen molar-refractivity contribution in [3.8, 4) is 0 Å². The van der Waals surface area contributed by atoms with E-state index in [1.165, 1.54) is 19.1 Å². The molecule has 0 spiro atoms. The second-order valence-corrected chi connectivity index (χ2v) is 3.45. The minimum absolute atomic E-state index is 0.106. The number of hydrogen-bond acceptors (Lipinski definition) is 1. The summed E-state index contributed by atoms with van der Waals surface area (Å²) in [7, 11) is 0. The van der Waals surface area contributed by atoms with Crippen LogP contribution in [0.3, 0.4) is 0 Å². The molecule has 0 saturated carbocycles. The van der Waals surface area contributed by atoms with Gasteiger partial charge in [-0.3, -0.25) is 4.79 Å². The summed E-state index contributed by atoms with van der Waals surface area (Å²) in [5.74, 6) is -0.385. The summed E-state index contributed by atoms with van der Waals surface area (Å²) in [6.07, 6.45) is 0. The second-order valence-electron chi connectivity index (χ2n) is 3.45. The number of halogens is 1. The third-order valence-electron chi connectivity index (χ3n) is 2.16. The molecule has 15 heavy (non-hydrogen) atoms. The first kappa shape index (κ1) is 11.4. The molecule has 0 bridgehead atoms. The van der Waals surface area contributed by atoms with Crippen LogP contribution in [0.4, 0.5) is 4.39 Å². The quantitative estimate of drug-likeness (QED) is 0.810. The number of amides is 1. The van der Waals surface area contributed by atoms with Crippen LogP contribution in [0.2, 0.25) is 0 Å². The highest BCUT2D eigenvalue weighted by atomic mass is 19.1. The van der Waals surface area contributed by atoms with Gasteiger partial charge < -0.3 is 5.32 Å². The van der Waals surface area contributed by atoms with Gasteiger partial charge in [0.25, 0.3) is 0 Å². The van der Waals surface area contributed by atoms with Gasteiger partial charge in [0, 0.05) is 6.92 Å². The predicted octanol–water partition coefficient (Wildman–Crippen LogP) is 2.36. The van der Waals surface area contributed by atoms with Gasteiger partial charge in [-0.25, -0.2) is 4.39 Å². The predicted molar refractivity (Wildman–Crippen MR) is 58.7 cm³/mol. The molecule has 0 aliphatic carbocycles. The highest BCUT2D eigenvalue weighted by molar-refractivity contribution is 5.77. The van der Waals surface area contributed by atoms with E-state index in [9.17, 15) is 9.18 Å². The fourth-order valence-electron chi connectivity index (χ4n) is 1.31. The molecule has 80 valence electrons. The number of rotatable bonds is 3. The molecule has 1 amide bonds. The van der Waals surface area contributed by atoms with Gasteiger partial charge in [0.2, 0.25) is 5.91 Å². The lowest BCUT2D eigenvalue weighted by molar-refractivity contribution is -0.119. The van der Waals surface area contributed by atoms with E-state index in [0.29, 0.717) is 0 Å². The summed E-state index contributed by atoms with van der Waals surface area (Å²) in [6, 6.07) is 5.90. The molecule has 1 aromatic rings. The Balaban J connectivity index is 2.76. The van der Waals surface area contributed by atoms with Gasteiger partial charge in [-0.15, -0.1) is 0 Å². The van der Waals surface area contributed by atoms with Gasteiger partial charge in [-0.05, 0) is 30.2 Å². The third kappa shape index (κ3) is 3.20. The first-order valence-electron chi connectivity index (χ1n) is 4.72. The smallest absolute Gasteiger partial charge is 0.217 e. The van der Waals surface area contributed by atoms with Crippen molar-refractivity contribution in [3.05, 3.63) is 42.2 Å². The van der Waals surface area contributed by atoms with E-state index in [0.717, 1.165) is 11.1 Å². The van der Waals surface area contributed by atoms with Crippen LogP contribution in [0.5, 0.6) is 0 Å². The van der Waals surface area contributed by atoms with Crippen LogP contribution in [0, 0.1) is 5.82 Å². The first-order valence-corrected chi connectivity index (χ1v) is 4.72. The van der Waals surface area contributed by atoms with Crippen molar-refractivity contribution in [3.63, 3.8) is 0 Å². The van der Waals surface area contributed by atoms with Gasteiger partial charge in [-0.1, -0.05) is 18.7 Å². The Labute approximate surface area is 88.8 Å². The molecule has 0 radical (unpaired) electrons. The van der Waals surface area contributed by atoms with Crippen molar-refractivity contribution in [2.24, 2.45) is 0 Å². The molecule has 0 aliphatic heterocycles. The number of carbonyl (C=O) groups is 1. The summed E-state index contributed by atoms with van der Waals surface area (Å²) in [6.45, 7) is 7.16. The average molecular weight is 207 g/mol. The Bertz CT molecular complexity index is 370. The van der Waals surface area contributed by atoms with E-state index in [-0.39, 0.29) is 17.8 Å².